The number of benzene rings is 1. The molecule has 18 heavy (non-hydrogen) atoms. The van der Waals surface area contributed by atoms with Gasteiger partial charge in [-0.25, -0.2) is 4.39 Å². The molecule has 0 aliphatic carbocycles. The molecule has 1 aromatic heterocycles. The van der Waals surface area contributed by atoms with Gasteiger partial charge in [-0.3, -0.25) is 4.79 Å². The molecule has 1 aliphatic heterocycles. The van der Waals surface area contributed by atoms with Gasteiger partial charge in [0, 0.05) is 24.0 Å². The van der Waals surface area contributed by atoms with E-state index in [1.165, 1.54) is 12.1 Å². The van der Waals surface area contributed by atoms with Crippen molar-refractivity contribution in [3.05, 3.63) is 33.3 Å². The van der Waals surface area contributed by atoms with Crippen molar-refractivity contribution in [1.29, 1.82) is 0 Å². The predicted molar refractivity (Wildman–Crippen MR) is 76.1 cm³/mol. The average molecular weight is 358 g/mol. The largest absolute Gasteiger partial charge is 0.350 e. The Labute approximate surface area is 117 Å². The Morgan fingerprint density at radius 1 is 1.33 bits per heavy atom. The third-order valence-corrected chi connectivity index (χ3v) is 4.42. The van der Waals surface area contributed by atoms with Crippen LogP contribution in [0.15, 0.2) is 18.2 Å². The van der Waals surface area contributed by atoms with Gasteiger partial charge in [0.1, 0.15) is 11.5 Å². The Morgan fingerprint density at radius 2 is 2.06 bits per heavy atom. The van der Waals surface area contributed by atoms with E-state index < -0.39 is 0 Å². The second-order valence-electron chi connectivity index (χ2n) is 4.50. The van der Waals surface area contributed by atoms with Crippen LogP contribution in [0.25, 0.3) is 10.9 Å². The quantitative estimate of drug-likeness (QED) is 0.782. The van der Waals surface area contributed by atoms with E-state index in [4.69, 9.17) is 0 Å². The van der Waals surface area contributed by atoms with E-state index in [-0.39, 0.29) is 11.7 Å². The molecular formula is C13H12FIN2O. The number of aromatic amines is 1. The van der Waals surface area contributed by atoms with Gasteiger partial charge in [-0.1, -0.05) is 0 Å². The topological polar surface area (TPSA) is 36.1 Å². The summed E-state index contributed by atoms with van der Waals surface area (Å²) in [6.07, 6.45) is 2.13. The maximum Gasteiger partial charge on any atom is 0.271 e. The second kappa shape index (κ2) is 4.53. The number of nitrogens with zero attached hydrogens (tertiary/aromatic N) is 1. The van der Waals surface area contributed by atoms with E-state index in [1.807, 2.05) is 4.90 Å². The maximum atomic E-state index is 13.2. The Hall–Kier alpha value is -1.11. The number of likely N-dealkylation sites (tertiary alicyclic amines) is 1. The summed E-state index contributed by atoms with van der Waals surface area (Å²) < 4.78 is 14.0. The number of H-pyrrole nitrogens is 1. The monoisotopic (exact) mass is 358 g/mol. The first kappa shape index (κ1) is 12.0. The van der Waals surface area contributed by atoms with E-state index >= 15 is 0 Å². The number of hydrogen-bond donors (Lipinski definition) is 1. The van der Waals surface area contributed by atoms with E-state index in [9.17, 15) is 9.18 Å². The molecule has 1 aromatic carbocycles. The van der Waals surface area contributed by atoms with Crippen molar-refractivity contribution >= 4 is 39.4 Å². The lowest BCUT2D eigenvalue weighted by atomic mass is 10.2. The number of carbonyl (C=O) groups excluding carboxylic acids is 1. The van der Waals surface area contributed by atoms with Gasteiger partial charge in [-0.05, 0) is 53.6 Å². The SMILES string of the molecule is O=C(c1[nH]c2ccc(F)cc2c1I)N1CCCC1. The second-order valence-corrected chi connectivity index (χ2v) is 5.58. The van der Waals surface area contributed by atoms with Crippen molar-refractivity contribution < 1.29 is 9.18 Å². The van der Waals surface area contributed by atoms with E-state index in [0.29, 0.717) is 5.69 Å². The minimum absolute atomic E-state index is 0.0218. The molecule has 1 N–H and O–H groups in total. The molecule has 3 nitrogen and oxygen atoms in total. The molecule has 0 atom stereocenters. The fourth-order valence-corrected chi connectivity index (χ4v) is 3.17. The molecule has 0 bridgehead atoms. The van der Waals surface area contributed by atoms with E-state index in [1.54, 1.807) is 6.07 Å². The van der Waals surface area contributed by atoms with Gasteiger partial charge in [0.05, 0.1) is 3.57 Å². The molecule has 94 valence electrons. The first-order valence-electron chi connectivity index (χ1n) is 5.93. The highest BCUT2D eigenvalue weighted by Gasteiger charge is 2.24. The molecule has 0 radical (unpaired) electrons. The van der Waals surface area contributed by atoms with E-state index in [2.05, 4.69) is 27.6 Å². The molecule has 3 rings (SSSR count). The number of carbonyl (C=O) groups is 1. The zero-order chi connectivity index (χ0) is 12.7. The molecule has 5 heteroatoms. The zero-order valence-electron chi connectivity index (χ0n) is 9.67. The third kappa shape index (κ3) is 1.90. The number of nitrogens with one attached hydrogen (secondary N) is 1. The number of halogens is 2. The van der Waals surface area contributed by atoms with Crippen molar-refractivity contribution in [3.8, 4) is 0 Å². The van der Waals surface area contributed by atoms with Crippen LogP contribution < -0.4 is 0 Å². The van der Waals surface area contributed by atoms with Gasteiger partial charge in [0.15, 0.2) is 0 Å². The highest BCUT2D eigenvalue weighted by molar-refractivity contribution is 14.1. The Balaban J connectivity index is 2.06. The summed E-state index contributed by atoms with van der Waals surface area (Å²) in [6.45, 7) is 1.64. The lowest BCUT2D eigenvalue weighted by molar-refractivity contribution is 0.0787. The molecule has 2 aromatic rings. The highest BCUT2D eigenvalue weighted by Crippen LogP contribution is 2.26. The molecule has 1 saturated heterocycles. The molecule has 0 unspecified atom stereocenters. The summed E-state index contributed by atoms with van der Waals surface area (Å²) >= 11 is 2.11. The Kier molecular flexibility index (Phi) is 3.01. The van der Waals surface area contributed by atoms with Crippen LogP contribution in [-0.4, -0.2) is 28.9 Å². The fraction of sp³-hybridized carbons (Fsp3) is 0.308. The first-order valence-corrected chi connectivity index (χ1v) is 7.00. The van der Waals surface area contributed by atoms with Gasteiger partial charge < -0.3 is 9.88 Å². The van der Waals surface area contributed by atoms with Gasteiger partial charge in [0.25, 0.3) is 5.91 Å². The minimum Gasteiger partial charge on any atom is -0.350 e. The molecular weight excluding hydrogens is 346 g/mol. The lowest BCUT2D eigenvalue weighted by Gasteiger charge is -2.14. The summed E-state index contributed by atoms with van der Waals surface area (Å²) in [7, 11) is 0. The van der Waals surface area contributed by atoms with Crippen LogP contribution in [-0.2, 0) is 0 Å². The number of fused-ring (bicyclic) bond motifs is 1. The van der Waals surface area contributed by atoms with E-state index in [0.717, 1.165) is 40.4 Å². The molecule has 1 aliphatic rings. The Bertz CT molecular complexity index is 617. The van der Waals surface area contributed by atoms with Crippen LogP contribution in [0.2, 0.25) is 0 Å². The molecule has 2 heterocycles. The van der Waals surface area contributed by atoms with Crippen LogP contribution in [0.1, 0.15) is 23.3 Å². The summed E-state index contributed by atoms with van der Waals surface area (Å²) in [5.41, 5.74) is 1.39. The average Bonchev–Trinajstić information content (AvgIpc) is 2.98. The number of hydrogen-bond acceptors (Lipinski definition) is 1. The smallest absolute Gasteiger partial charge is 0.271 e. The standard InChI is InChI=1S/C13H12FIN2O/c14-8-3-4-10-9(7-8)11(15)12(16-10)13(18)17-5-1-2-6-17/h3-4,7,16H,1-2,5-6H2. The summed E-state index contributed by atoms with van der Waals surface area (Å²) in [4.78, 5) is 17.3. The number of aromatic nitrogens is 1. The Morgan fingerprint density at radius 3 is 2.78 bits per heavy atom. The van der Waals surface area contributed by atoms with Crippen molar-refractivity contribution in [2.75, 3.05) is 13.1 Å². The number of rotatable bonds is 1. The normalized spacial score (nSPS) is 15.6. The number of amides is 1. The van der Waals surface area contributed by atoms with Crippen LogP contribution >= 0.6 is 22.6 Å². The van der Waals surface area contributed by atoms with Gasteiger partial charge in [-0.2, -0.15) is 0 Å². The fourth-order valence-electron chi connectivity index (χ4n) is 2.36. The van der Waals surface area contributed by atoms with Crippen LogP contribution in [0.3, 0.4) is 0 Å². The molecule has 0 spiro atoms. The van der Waals surface area contributed by atoms with Crippen molar-refractivity contribution in [2.24, 2.45) is 0 Å². The van der Waals surface area contributed by atoms with Crippen molar-refractivity contribution in [1.82, 2.24) is 9.88 Å². The molecule has 0 saturated carbocycles. The summed E-state index contributed by atoms with van der Waals surface area (Å²) in [5.74, 6) is -0.256. The van der Waals surface area contributed by atoms with Gasteiger partial charge >= 0.3 is 0 Å². The predicted octanol–water partition coefficient (Wildman–Crippen LogP) is 3.15. The summed E-state index contributed by atoms with van der Waals surface area (Å²) in [6, 6.07) is 4.54. The minimum atomic E-state index is -0.278. The van der Waals surface area contributed by atoms with Crippen molar-refractivity contribution in [3.63, 3.8) is 0 Å². The highest BCUT2D eigenvalue weighted by atomic mass is 127. The third-order valence-electron chi connectivity index (χ3n) is 3.30. The maximum absolute atomic E-state index is 13.2. The van der Waals surface area contributed by atoms with Crippen molar-refractivity contribution in [2.45, 2.75) is 12.8 Å². The van der Waals surface area contributed by atoms with Gasteiger partial charge in [0.2, 0.25) is 0 Å². The first-order chi connectivity index (χ1) is 8.66. The summed E-state index contributed by atoms with van der Waals surface area (Å²) in [5, 5.41) is 0.776. The zero-order valence-corrected chi connectivity index (χ0v) is 11.8. The molecule has 1 amide bonds. The van der Waals surface area contributed by atoms with Crippen LogP contribution in [0.4, 0.5) is 4.39 Å². The molecule has 1 fully saturated rings. The van der Waals surface area contributed by atoms with Crippen LogP contribution in [0.5, 0.6) is 0 Å². The lowest BCUT2D eigenvalue weighted by Crippen LogP contribution is -2.28. The van der Waals surface area contributed by atoms with Crippen LogP contribution in [0, 0.1) is 9.39 Å². The van der Waals surface area contributed by atoms with Gasteiger partial charge in [-0.15, -0.1) is 0 Å².